The number of fused-ring (bicyclic) bond motifs is 2. The molecule has 11 nitrogen and oxygen atoms in total. The lowest BCUT2D eigenvalue weighted by molar-refractivity contribution is -0.142. The Balaban J connectivity index is 1.30. The lowest BCUT2D eigenvalue weighted by atomic mass is 9.94. The van der Waals surface area contributed by atoms with E-state index >= 15 is 0 Å². The number of carbonyl (C=O) groups excluding carboxylic acids is 5. The summed E-state index contributed by atoms with van der Waals surface area (Å²) in [5, 5.41) is 17.8. The monoisotopic (exact) mass is 555 g/mol. The number of nitrogens with zero attached hydrogens (tertiary/aromatic N) is 1. The summed E-state index contributed by atoms with van der Waals surface area (Å²) in [6.07, 6.45) is 0.586. The number of aromatic nitrogens is 1. The Kier molecular flexibility index (Phi) is 7.15. The second-order valence-corrected chi connectivity index (χ2v) is 11.7. The van der Waals surface area contributed by atoms with E-state index < -0.39 is 60.0 Å². The van der Waals surface area contributed by atoms with Crippen molar-refractivity contribution in [2.75, 3.05) is 19.7 Å². The number of nitrogens with one attached hydrogen (secondary N) is 4. The van der Waals surface area contributed by atoms with Gasteiger partial charge in [0, 0.05) is 29.9 Å². The first-order valence-electron chi connectivity index (χ1n) is 13.5. The number of hydrogen-bond acceptors (Lipinski definition) is 6. The van der Waals surface area contributed by atoms with E-state index in [4.69, 9.17) is 0 Å². The van der Waals surface area contributed by atoms with Crippen LogP contribution >= 0.6 is 0 Å². The van der Waals surface area contributed by atoms with Gasteiger partial charge in [0.05, 0.1) is 6.04 Å². The first-order valence-corrected chi connectivity index (χ1v) is 13.5. The minimum absolute atomic E-state index is 0.0622. The Bertz CT molecular complexity index is 1390. The highest BCUT2D eigenvalue weighted by Gasteiger charge is 2.69. The first-order chi connectivity index (χ1) is 18.9. The van der Waals surface area contributed by atoms with Crippen molar-refractivity contribution in [2.45, 2.75) is 51.7 Å². The number of H-pyrrole nitrogens is 1. The molecule has 0 unspecified atom stereocenters. The molecule has 4 amide bonds. The second-order valence-electron chi connectivity index (χ2n) is 11.7. The molecule has 214 valence electrons. The molecule has 40 heavy (non-hydrogen) atoms. The van der Waals surface area contributed by atoms with Gasteiger partial charge in [-0.3, -0.25) is 24.0 Å². The van der Waals surface area contributed by atoms with Crippen molar-refractivity contribution in [3.05, 3.63) is 35.8 Å². The van der Waals surface area contributed by atoms with Gasteiger partial charge in [-0.2, -0.15) is 0 Å². The summed E-state index contributed by atoms with van der Waals surface area (Å²) in [6, 6.07) is 2.90. The molecule has 0 radical (unpaired) electrons. The quantitative estimate of drug-likeness (QED) is 0.303. The van der Waals surface area contributed by atoms with E-state index in [0.717, 1.165) is 0 Å². The number of amides is 4. The number of piperidine rings is 1. The zero-order chi connectivity index (χ0) is 28.9. The van der Waals surface area contributed by atoms with Gasteiger partial charge in [0.15, 0.2) is 5.78 Å². The van der Waals surface area contributed by atoms with Crippen molar-refractivity contribution in [1.82, 2.24) is 25.8 Å². The van der Waals surface area contributed by atoms with Crippen molar-refractivity contribution in [3.8, 4) is 0 Å². The highest BCUT2D eigenvalue weighted by molar-refractivity contribution is 6.01. The van der Waals surface area contributed by atoms with E-state index in [-0.39, 0.29) is 40.7 Å². The normalized spacial score (nSPS) is 26.1. The van der Waals surface area contributed by atoms with E-state index in [0.29, 0.717) is 25.0 Å². The molecule has 2 aliphatic heterocycles. The van der Waals surface area contributed by atoms with E-state index in [1.807, 2.05) is 13.8 Å². The fraction of sp³-hybridized carbons (Fsp3) is 0.536. The molecule has 5 N–H and O–H groups in total. The van der Waals surface area contributed by atoms with E-state index in [1.165, 1.54) is 30.0 Å². The minimum Gasteiger partial charge on any atom is -0.389 e. The fourth-order valence-electron chi connectivity index (χ4n) is 6.43. The predicted molar refractivity (Wildman–Crippen MR) is 141 cm³/mol. The van der Waals surface area contributed by atoms with Crippen LogP contribution in [0.4, 0.5) is 4.39 Å². The van der Waals surface area contributed by atoms with Crippen LogP contribution < -0.4 is 16.0 Å². The Morgan fingerprint density at radius 3 is 2.62 bits per heavy atom. The molecule has 0 bridgehead atoms. The van der Waals surface area contributed by atoms with Gasteiger partial charge >= 0.3 is 0 Å². The van der Waals surface area contributed by atoms with Crippen LogP contribution in [0.2, 0.25) is 0 Å². The summed E-state index contributed by atoms with van der Waals surface area (Å²) in [5.41, 5.74) is 0.354. The van der Waals surface area contributed by atoms with E-state index in [1.54, 1.807) is 6.07 Å². The SMILES string of the molecule is C[C@H](NC(=O)c1cc2c(F)cccc2[nH]1)C(=O)N1C[C@H]2[C@@H]([C@H]1C(=O)N[C@@H](C[C@@H]1CCNC1=O)C(=O)CO)C2(C)C. The van der Waals surface area contributed by atoms with Crippen molar-refractivity contribution < 1.29 is 33.5 Å². The summed E-state index contributed by atoms with van der Waals surface area (Å²) >= 11 is 0. The van der Waals surface area contributed by atoms with Crippen molar-refractivity contribution in [1.29, 1.82) is 0 Å². The molecule has 3 fully saturated rings. The Morgan fingerprint density at radius 1 is 1.23 bits per heavy atom. The number of halogens is 1. The summed E-state index contributed by atoms with van der Waals surface area (Å²) < 4.78 is 14.1. The van der Waals surface area contributed by atoms with E-state index in [2.05, 4.69) is 20.9 Å². The second kappa shape index (κ2) is 10.3. The fourth-order valence-corrected chi connectivity index (χ4v) is 6.43. The van der Waals surface area contributed by atoms with E-state index in [9.17, 15) is 33.5 Å². The standard InChI is InChI=1S/C28H34FN5O6/c1-13(31-25(38)20-10-15-17(29)5-4-6-18(15)32-20)27(40)34-11-16-22(28(16,2)3)23(34)26(39)33-19(21(36)12-35)9-14-7-8-30-24(14)37/h4-6,10,13-14,16,19,22-23,32,35H,7-9,11-12H2,1-3H3,(H,30,37)(H,31,38)(H,33,39)/t13-,14-,16-,19-,22-,23-/m0/s1. The summed E-state index contributed by atoms with van der Waals surface area (Å²) in [7, 11) is 0. The Morgan fingerprint density at radius 2 is 1.98 bits per heavy atom. The van der Waals surface area contributed by atoms with Crippen LogP contribution in [0.15, 0.2) is 24.3 Å². The first kappa shape index (κ1) is 27.8. The molecule has 1 aromatic heterocycles. The van der Waals surface area contributed by atoms with Crippen molar-refractivity contribution in [2.24, 2.45) is 23.2 Å². The van der Waals surface area contributed by atoms with Crippen LogP contribution in [-0.4, -0.2) is 82.2 Å². The lowest BCUT2D eigenvalue weighted by Crippen LogP contribution is -2.57. The van der Waals surface area contributed by atoms with Gasteiger partial charge in [0.2, 0.25) is 17.7 Å². The molecule has 3 heterocycles. The minimum atomic E-state index is -1.07. The number of aromatic amines is 1. The number of ketones is 1. The smallest absolute Gasteiger partial charge is 0.268 e. The number of aliphatic hydroxyl groups is 1. The number of carbonyl (C=O) groups is 5. The highest BCUT2D eigenvalue weighted by atomic mass is 19.1. The summed E-state index contributed by atoms with van der Waals surface area (Å²) in [4.78, 5) is 68.9. The molecule has 6 atom stereocenters. The van der Waals surface area contributed by atoms with Gasteiger partial charge in [-0.1, -0.05) is 19.9 Å². The molecule has 1 aliphatic carbocycles. The molecule has 1 saturated carbocycles. The van der Waals surface area contributed by atoms with Crippen LogP contribution in [0.1, 0.15) is 44.1 Å². The number of aliphatic hydroxyl groups excluding tert-OH is 1. The van der Waals surface area contributed by atoms with Crippen LogP contribution in [0, 0.1) is 29.0 Å². The molecular weight excluding hydrogens is 521 g/mol. The molecule has 2 aromatic rings. The van der Waals surface area contributed by atoms with Crippen LogP contribution in [-0.2, 0) is 19.2 Å². The number of rotatable bonds is 9. The molecule has 12 heteroatoms. The van der Waals surface area contributed by atoms with Gasteiger partial charge in [-0.25, -0.2) is 4.39 Å². The Hall–Kier alpha value is -3.80. The molecule has 0 spiro atoms. The molecule has 3 aliphatic rings. The van der Waals surface area contributed by atoms with Crippen LogP contribution in [0.5, 0.6) is 0 Å². The number of hydrogen-bond donors (Lipinski definition) is 5. The third kappa shape index (κ3) is 4.85. The molecule has 5 rings (SSSR count). The van der Waals surface area contributed by atoms with Crippen molar-refractivity contribution in [3.63, 3.8) is 0 Å². The van der Waals surface area contributed by atoms with Crippen LogP contribution in [0.25, 0.3) is 10.9 Å². The summed E-state index contributed by atoms with van der Waals surface area (Å²) in [5.74, 6) is -3.39. The molecular formula is C28H34FN5O6. The zero-order valence-electron chi connectivity index (χ0n) is 22.6. The maximum absolute atomic E-state index is 14.1. The third-order valence-electron chi connectivity index (χ3n) is 8.88. The van der Waals surface area contributed by atoms with Gasteiger partial charge in [-0.05, 0) is 55.2 Å². The third-order valence-corrected chi connectivity index (χ3v) is 8.88. The number of benzene rings is 1. The van der Waals surface area contributed by atoms with Gasteiger partial charge in [0.1, 0.15) is 30.2 Å². The number of likely N-dealkylation sites (tertiary alicyclic amines) is 1. The Labute approximate surface area is 230 Å². The summed E-state index contributed by atoms with van der Waals surface area (Å²) in [6.45, 7) is 5.57. The molecule has 1 aromatic carbocycles. The number of Topliss-reactive ketones (excluding diaryl/α,β-unsaturated/α-hetero) is 1. The lowest BCUT2D eigenvalue weighted by Gasteiger charge is -2.33. The highest BCUT2D eigenvalue weighted by Crippen LogP contribution is 2.64. The van der Waals surface area contributed by atoms with Gasteiger partial charge < -0.3 is 30.9 Å². The van der Waals surface area contributed by atoms with Gasteiger partial charge in [0.25, 0.3) is 5.91 Å². The maximum atomic E-state index is 14.1. The topological polar surface area (TPSA) is 161 Å². The average Bonchev–Trinajstić information content (AvgIpc) is 3.43. The molecule has 2 saturated heterocycles. The van der Waals surface area contributed by atoms with Gasteiger partial charge in [-0.15, -0.1) is 0 Å². The zero-order valence-corrected chi connectivity index (χ0v) is 22.6. The maximum Gasteiger partial charge on any atom is 0.268 e. The van der Waals surface area contributed by atoms with Crippen LogP contribution in [0.3, 0.4) is 0 Å². The largest absolute Gasteiger partial charge is 0.389 e. The van der Waals surface area contributed by atoms with Crippen molar-refractivity contribution >= 4 is 40.3 Å². The average molecular weight is 556 g/mol. The predicted octanol–water partition coefficient (Wildman–Crippen LogP) is 0.481.